The maximum atomic E-state index is 11.5. The SMILES string of the molecule is Cc1cccnc1-c1ccc(N(CCCCCCC(=O)NO)c2ccc(C(N)=O)cc2)cc1. The van der Waals surface area contributed by atoms with Gasteiger partial charge in [0, 0.05) is 41.7 Å². The van der Waals surface area contributed by atoms with Gasteiger partial charge in [0.05, 0.1) is 5.69 Å². The molecule has 7 nitrogen and oxygen atoms in total. The van der Waals surface area contributed by atoms with Crippen LogP contribution in [0.5, 0.6) is 0 Å². The quantitative estimate of drug-likeness (QED) is 0.224. The van der Waals surface area contributed by atoms with Crippen LogP contribution < -0.4 is 16.1 Å². The highest BCUT2D eigenvalue weighted by Gasteiger charge is 2.12. The van der Waals surface area contributed by atoms with Crippen molar-refractivity contribution >= 4 is 23.2 Å². The van der Waals surface area contributed by atoms with E-state index >= 15 is 0 Å². The van der Waals surface area contributed by atoms with E-state index in [2.05, 4.69) is 34.1 Å². The minimum atomic E-state index is -0.449. The zero-order chi connectivity index (χ0) is 23.6. The van der Waals surface area contributed by atoms with Crippen LogP contribution in [0.15, 0.2) is 66.9 Å². The van der Waals surface area contributed by atoms with E-state index in [1.54, 1.807) is 23.8 Å². The van der Waals surface area contributed by atoms with E-state index in [0.717, 1.165) is 60.4 Å². The molecule has 0 aliphatic carbocycles. The van der Waals surface area contributed by atoms with Crippen molar-refractivity contribution in [3.8, 4) is 11.3 Å². The zero-order valence-electron chi connectivity index (χ0n) is 18.8. The topological polar surface area (TPSA) is 109 Å². The molecule has 1 aromatic heterocycles. The van der Waals surface area contributed by atoms with Gasteiger partial charge in [0.25, 0.3) is 0 Å². The number of nitrogens with one attached hydrogen (secondary N) is 1. The number of carbonyl (C=O) groups excluding carboxylic acids is 2. The Morgan fingerprint density at radius 3 is 2.18 bits per heavy atom. The van der Waals surface area contributed by atoms with Gasteiger partial charge < -0.3 is 10.6 Å². The van der Waals surface area contributed by atoms with Gasteiger partial charge in [-0.25, -0.2) is 5.48 Å². The molecule has 4 N–H and O–H groups in total. The summed E-state index contributed by atoms with van der Waals surface area (Å²) in [5, 5.41) is 8.58. The van der Waals surface area contributed by atoms with E-state index in [-0.39, 0.29) is 5.91 Å². The number of hydrogen-bond donors (Lipinski definition) is 3. The summed E-state index contributed by atoms with van der Waals surface area (Å²) in [6.07, 6.45) is 5.65. The summed E-state index contributed by atoms with van der Waals surface area (Å²) >= 11 is 0. The fourth-order valence-corrected chi connectivity index (χ4v) is 3.76. The van der Waals surface area contributed by atoms with Gasteiger partial charge >= 0.3 is 0 Å². The molecule has 0 radical (unpaired) electrons. The Hall–Kier alpha value is -3.71. The number of unbranched alkanes of at least 4 members (excludes halogenated alkanes) is 3. The summed E-state index contributed by atoms with van der Waals surface area (Å²) in [6, 6.07) is 19.6. The average Bonchev–Trinajstić information content (AvgIpc) is 2.84. The highest BCUT2D eigenvalue weighted by atomic mass is 16.5. The fourth-order valence-electron chi connectivity index (χ4n) is 3.76. The van der Waals surface area contributed by atoms with Crippen LogP contribution in [0.1, 0.15) is 48.0 Å². The van der Waals surface area contributed by atoms with Crippen molar-refractivity contribution in [3.05, 3.63) is 78.0 Å². The van der Waals surface area contributed by atoms with Crippen molar-refractivity contribution in [2.75, 3.05) is 11.4 Å². The molecule has 2 aromatic carbocycles. The lowest BCUT2D eigenvalue weighted by Gasteiger charge is -2.25. The molecular weight excluding hydrogens is 416 g/mol. The highest BCUT2D eigenvalue weighted by Crippen LogP contribution is 2.29. The van der Waals surface area contributed by atoms with Crippen LogP contribution >= 0.6 is 0 Å². The maximum absolute atomic E-state index is 11.5. The monoisotopic (exact) mass is 446 g/mol. The number of hydroxylamine groups is 1. The minimum Gasteiger partial charge on any atom is -0.366 e. The van der Waals surface area contributed by atoms with Gasteiger partial charge in [-0.3, -0.25) is 19.8 Å². The molecular formula is C26H30N4O3. The molecule has 7 heteroatoms. The second-order valence-corrected chi connectivity index (χ2v) is 7.98. The Morgan fingerprint density at radius 2 is 1.58 bits per heavy atom. The van der Waals surface area contributed by atoms with Crippen molar-refractivity contribution < 1.29 is 14.8 Å². The van der Waals surface area contributed by atoms with E-state index in [4.69, 9.17) is 10.9 Å². The zero-order valence-corrected chi connectivity index (χ0v) is 18.8. The highest BCUT2D eigenvalue weighted by molar-refractivity contribution is 5.93. The van der Waals surface area contributed by atoms with Gasteiger partial charge in [-0.1, -0.05) is 31.0 Å². The number of aryl methyl sites for hydroxylation is 1. The summed E-state index contributed by atoms with van der Waals surface area (Å²) in [6.45, 7) is 2.83. The number of anilines is 2. The lowest BCUT2D eigenvalue weighted by Crippen LogP contribution is -2.19. The number of pyridine rings is 1. The van der Waals surface area contributed by atoms with Crippen LogP contribution in [-0.2, 0) is 4.79 Å². The van der Waals surface area contributed by atoms with Gasteiger partial charge in [-0.2, -0.15) is 0 Å². The van der Waals surface area contributed by atoms with Crippen LogP contribution in [0, 0.1) is 6.92 Å². The summed E-state index contributed by atoms with van der Waals surface area (Å²) in [7, 11) is 0. The van der Waals surface area contributed by atoms with Crippen molar-refractivity contribution in [2.45, 2.75) is 39.0 Å². The smallest absolute Gasteiger partial charge is 0.248 e. The van der Waals surface area contributed by atoms with Gasteiger partial charge in [0.2, 0.25) is 11.8 Å². The fraction of sp³-hybridized carbons (Fsp3) is 0.269. The minimum absolute atomic E-state index is 0.323. The first-order valence-corrected chi connectivity index (χ1v) is 11.1. The molecule has 0 aliphatic heterocycles. The van der Waals surface area contributed by atoms with Crippen molar-refractivity contribution in [2.24, 2.45) is 5.73 Å². The molecule has 3 aromatic rings. The van der Waals surface area contributed by atoms with E-state index in [1.165, 1.54) is 0 Å². The lowest BCUT2D eigenvalue weighted by molar-refractivity contribution is -0.129. The Balaban J connectivity index is 1.74. The van der Waals surface area contributed by atoms with Crippen LogP contribution in [-0.4, -0.2) is 28.6 Å². The number of nitrogens with two attached hydrogens (primary N) is 1. The number of benzene rings is 2. The number of hydrogen-bond acceptors (Lipinski definition) is 5. The molecule has 172 valence electrons. The predicted octanol–water partition coefficient (Wildman–Crippen LogP) is 4.75. The second-order valence-electron chi connectivity index (χ2n) is 7.98. The Bertz CT molecular complexity index is 1070. The maximum Gasteiger partial charge on any atom is 0.248 e. The van der Waals surface area contributed by atoms with E-state index in [9.17, 15) is 9.59 Å². The third-order valence-corrected chi connectivity index (χ3v) is 5.59. The van der Waals surface area contributed by atoms with E-state index in [1.807, 2.05) is 31.2 Å². The third kappa shape index (κ3) is 6.63. The molecule has 3 rings (SSSR count). The van der Waals surface area contributed by atoms with Gasteiger partial charge in [0.15, 0.2) is 0 Å². The molecule has 0 aliphatic rings. The summed E-state index contributed by atoms with van der Waals surface area (Å²) in [5.74, 6) is -0.801. The first-order chi connectivity index (χ1) is 16.0. The van der Waals surface area contributed by atoms with Gasteiger partial charge in [-0.05, 0) is 67.8 Å². The summed E-state index contributed by atoms with van der Waals surface area (Å²) in [5.41, 5.74) is 12.7. The number of rotatable bonds is 11. The van der Waals surface area contributed by atoms with Gasteiger partial charge in [0.1, 0.15) is 0 Å². The number of primary amides is 1. The van der Waals surface area contributed by atoms with Crippen molar-refractivity contribution in [1.82, 2.24) is 10.5 Å². The lowest BCUT2D eigenvalue weighted by atomic mass is 10.1. The molecule has 1 heterocycles. The normalized spacial score (nSPS) is 10.6. The predicted molar refractivity (Wildman–Crippen MR) is 129 cm³/mol. The Labute approximate surface area is 194 Å². The number of aromatic nitrogens is 1. The van der Waals surface area contributed by atoms with Crippen LogP contribution in [0.25, 0.3) is 11.3 Å². The third-order valence-electron chi connectivity index (χ3n) is 5.59. The van der Waals surface area contributed by atoms with E-state index in [0.29, 0.717) is 12.0 Å². The molecule has 0 fully saturated rings. The summed E-state index contributed by atoms with van der Waals surface area (Å²) < 4.78 is 0. The van der Waals surface area contributed by atoms with Crippen molar-refractivity contribution in [3.63, 3.8) is 0 Å². The molecule has 0 unspecified atom stereocenters. The molecule has 0 saturated heterocycles. The molecule has 0 saturated carbocycles. The first-order valence-electron chi connectivity index (χ1n) is 11.1. The first kappa shape index (κ1) is 23.9. The second kappa shape index (κ2) is 11.8. The average molecular weight is 447 g/mol. The Morgan fingerprint density at radius 1 is 0.939 bits per heavy atom. The molecule has 0 spiro atoms. The molecule has 0 bridgehead atoms. The molecule has 33 heavy (non-hydrogen) atoms. The molecule has 0 atom stereocenters. The van der Waals surface area contributed by atoms with Crippen molar-refractivity contribution in [1.29, 1.82) is 0 Å². The van der Waals surface area contributed by atoms with Crippen LogP contribution in [0.4, 0.5) is 11.4 Å². The summed E-state index contributed by atoms with van der Waals surface area (Å²) in [4.78, 5) is 29.3. The largest absolute Gasteiger partial charge is 0.366 e. The van der Waals surface area contributed by atoms with Gasteiger partial charge in [-0.15, -0.1) is 0 Å². The number of nitrogens with zero attached hydrogens (tertiary/aromatic N) is 2. The van der Waals surface area contributed by atoms with Crippen LogP contribution in [0.2, 0.25) is 0 Å². The number of carbonyl (C=O) groups is 2. The van der Waals surface area contributed by atoms with E-state index < -0.39 is 5.91 Å². The standard InChI is InChI=1S/C26H30N4O3/c1-19-7-6-17-28-25(19)20-9-13-22(14-10-20)30(18-5-3-2-4-8-24(31)29-33)23-15-11-21(12-16-23)26(27)32/h6-7,9-17,33H,2-5,8,18H2,1H3,(H2,27,32)(H,29,31). The van der Waals surface area contributed by atoms with Crippen LogP contribution in [0.3, 0.4) is 0 Å². The number of amides is 2. The molecule has 2 amide bonds. The Kier molecular flexibility index (Phi) is 8.55.